The smallest absolute Gasteiger partial charge is 0.153 e. The topological polar surface area (TPSA) is 37.6 Å². The summed E-state index contributed by atoms with van der Waals surface area (Å²) in [6.45, 7) is 6.91. The first-order valence-electron chi connectivity index (χ1n) is 7.83. The van der Waals surface area contributed by atoms with E-state index in [-0.39, 0.29) is 0 Å². The Morgan fingerprint density at radius 2 is 2.33 bits per heavy atom. The molecule has 0 amide bonds. The predicted octanol–water partition coefficient (Wildman–Crippen LogP) is 2.81. The van der Waals surface area contributed by atoms with Crippen molar-refractivity contribution in [3.05, 3.63) is 35.8 Å². The Balaban J connectivity index is 1.77. The molecule has 1 unspecified atom stereocenters. The van der Waals surface area contributed by atoms with Gasteiger partial charge in [0.25, 0.3) is 0 Å². The minimum absolute atomic E-state index is 0.621. The van der Waals surface area contributed by atoms with E-state index in [9.17, 15) is 4.79 Å². The van der Waals surface area contributed by atoms with Crippen molar-refractivity contribution in [2.75, 3.05) is 13.1 Å². The highest BCUT2D eigenvalue weighted by molar-refractivity contribution is 5.84. The molecule has 21 heavy (non-hydrogen) atoms. The van der Waals surface area contributed by atoms with E-state index in [0.29, 0.717) is 17.5 Å². The van der Waals surface area contributed by atoms with Gasteiger partial charge in [0, 0.05) is 25.0 Å². The van der Waals surface area contributed by atoms with Crippen LogP contribution in [0.3, 0.4) is 0 Å². The van der Waals surface area contributed by atoms with Gasteiger partial charge in [0.1, 0.15) is 5.65 Å². The van der Waals surface area contributed by atoms with Crippen LogP contribution in [0.1, 0.15) is 42.7 Å². The Bertz CT molecular complexity index is 632. The lowest BCUT2D eigenvalue weighted by atomic mass is 9.93. The second kappa shape index (κ2) is 5.98. The van der Waals surface area contributed by atoms with Gasteiger partial charge in [-0.15, -0.1) is 0 Å². The highest BCUT2D eigenvalue weighted by atomic mass is 16.1. The van der Waals surface area contributed by atoms with Crippen LogP contribution in [0.15, 0.2) is 24.5 Å². The summed E-state index contributed by atoms with van der Waals surface area (Å²) in [5.74, 6) is 0.672. The van der Waals surface area contributed by atoms with Gasteiger partial charge in [-0.05, 0) is 57.7 Å². The zero-order valence-electron chi connectivity index (χ0n) is 12.8. The van der Waals surface area contributed by atoms with E-state index in [1.165, 1.54) is 19.4 Å². The zero-order valence-corrected chi connectivity index (χ0v) is 12.8. The molecule has 3 heterocycles. The Morgan fingerprint density at radius 1 is 1.48 bits per heavy atom. The normalized spacial score (nSPS) is 20.2. The second-order valence-corrected chi connectivity index (χ2v) is 6.35. The summed E-state index contributed by atoms with van der Waals surface area (Å²) in [4.78, 5) is 18.3. The molecule has 0 N–H and O–H groups in total. The van der Waals surface area contributed by atoms with Gasteiger partial charge in [-0.3, -0.25) is 4.79 Å². The molecule has 0 aliphatic carbocycles. The third-order valence-electron chi connectivity index (χ3n) is 4.47. The molecule has 1 fully saturated rings. The fourth-order valence-electron chi connectivity index (χ4n) is 3.30. The molecule has 0 saturated carbocycles. The number of hydrogen-bond donors (Lipinski definition) is 0. The highest BCUT2D eigenvalue weighted by Crippen LogP contribution is 2.22. The molecule has 2 aromatic rings. The molecule has 0 spiro atoms. The first kappa shape index (κ1) is 14.3. The fraction of sp³-hybridized carbons (Fsp3) is 0.529. The van der Waals surface area contributed by atoms with Gasteiger partial charge in [0.15, 0.2) is 6.29 Å². The third kappa shape index (κ3) is 3.00. The summed E-state index contributed by atoms with van der Waals surface area (Å²) >= 11 is 0. The number of aldehydes is 1. The van der Waals surface area contributed by atoms with Crippen LogP contribution in [-0.2, 0) is 6.42 Å². The van der Waals surface area contributed by atoms with Gasteiger partial charge in [-0.1, -0.05) is 0 Å². The van der Waals surface area contributed by atoms with Crippen LogP contribution < -0.4 is 0 Å². The Morgan fingerprint density at radius 3 is 3.10 bits per heavy atom. The minimum Gasteiger partial charge on any atom is -0.306 e. The minimum atomic E-state index is 0.621. The average Bonchev–Trinajstić information content (AvgIpc) is 2.89. The molecular formula is C17H23N3O. The largest absolute Gasteiger partial charge is 0.306 e. The molecule has 4 heteroatoms. The Labute approximate surface area is 125 Å². The van der Waals surface area contributed by atoms with E-state index >= 15 is 0 Å². The number of rotatable bonds is 4. The molecule has 1 saturated heterocycles. The van der Waals surface area contributed by atoms with Crippen molar-refractivity contribution < 1.29 is 4.79 Å². The van der Waals surface area contributed by atoms with Crippen LogP contribution in [0.4, 0.5) is 0 Å². The summed E-state index contributed by atoms with van der Waals surface area (Å²) in [5.41, 5.74) is 2.54. The Kier molecular flexibility index (Phi) is 4.06. The number of likely N-dealkylation sites (tertiary alicyclic amines) is 1. The number of nitrogens with zero attached hydrogens (tertiary/aromatic N) is 3. The molecule has 2 aromatic heterocycles. The molecule has 112 valence electrons. The zero-order chi connectivity index (χ0) is 14.8. The standard InChI is InChI=1S/C17H23N3O/c1-13(2)19-7-3-5-14(10-19)9-16-11-20-8-4-6-15(12-21)17(20)18-16/h4,6,8,11-14H,3,5,7,9-10H2,1-2H3. The van der Waals surface area contributed by atoms with Gasteiger partial charge >= 0.3 is 0 Å². The van der Waals surface area contributed by atoms with Crippen molar-refractivity contribution in [2.24, 2.45) is 5.92 Å². The van der Waals surface area contributed by atoms with E-state index in [1.807, 2.05) is 22.7 Å². The quantitative estimate of drug-likeness (QED) is 0.811. The van der Waals surface area contributed by atoms with Crippen molar-refractivity contribution in [2.45, 2.75) is 39.2 Å². The van der Waals surface area contributed by atoms with Crippen LogP contribution >= 0.6 is 0 Å². The van der Waals surface area contributed by atoms with Crippen molar-refractivity contribution in [3.8, 4) is 0 Å². The third-order valence-corrected chi connectivity index (χ3v) is 4.47. The maximum atomic E-state index is 11.1. The molecule has 1 aliphatic rings. The average molecular weight is 285 g/mol. The Hall–Kier alpha value is -1.68. The van der Waals surface area contributed by atoms with Gasteiger partial charge in [-0.2, -0.15) is 0 Å². The van der Waals surface area contributed by atoms with E-state index in [1.54, 1.807) is 0 Å². The molecular weight excluding hydrogens is 262 g/mol. The van der Waals surface area contributed by atoms with Crippen molar-refractivity contribution in [1.82, 2.24) is 14.3 Å². The van der Waals surface area contributed by atoms with Crippen LogP contribution in [0.2, 0.25) is 0 Å². The highest BCUT2D eigenvalue weighted by Gasteiger charge is 2.22. The van der Waals surface area contributed by atoms with Gasteiger partial charge in [0.05, 0.1) is 11.3 Å². The van der Waals surface area contributed by atoms with Crippen molar-refractivity contribution in [1.29, 1.82) is 0 Å². The van der Waals surface area contributed by atoms with E-state index < -0.39 is 0 Å². The summed E-state index contributed by atoms with van der Waals surface area (Å²) in [7, 11) is 0. The van der Waals surface area contributed by atoms with Crippen LogP contribution in [-0.4, -0.2) is 39.7 Å². The number of imidazole rings is 1. The monoisotopic (exact) mass is 285 g/mol. The van der Waals surface area contributed by atoms with Crippen LogP contribution in [0, 0.1) is 5.92 Å². The summed E-state index contributed by atoms with van der Waals surface area (Å²) in [6.07, 6.45) is 8.46. The molecule has 1 atom stereocenters. The molecule has 0 bridgehead atoms. The lowest BCUT2D eigenvalue weighted by Crippen LogP contribution is -2.40. The molecule has 0 radical (unpaired) electrons. The predicted molar refractivity (Wildman–Crippen MR) is 83.7 cm³/mol. The maximum absolute atomic E-state index is 11.1. The first-order chi connectivity index (χ1) is 10.2. The molecule has 4 nitrogen and oxygen atoms in total. The number of pyridine rings is 1. The maximum Gasteiger partial charge on any atom is 0.153 e. The lowest BCUT2D eigenvalue weighted by Gasteiger charge is -2.35. The van der Waals surface area contributed by atoms with Crippen molar-refractivity contribution in [3.63, 3.8) is 0 Å². The summed E-state index contributed by atoms with van der Waals surface area (Å²) < 4.78 is 1.96. The number of fused-ring (bicyclic) bond motifs is 1. The van der Waals surface area contributed by atoms with Crippen LogP contribution in [0.25, 0.3) is 5.65 Å². The van der Waals surface area contributed by atoms with Gasteiger partial charge in [0.2, 0.25) is 0 Å². The molecule has 3 rings (SSSR count). The molecule has 0 aromatic carbocycles. The number of carbonyl (C=O) groups excluding carboxylic acids is 1. The van der Waals surface area contributed by atoms with E-state index in [4.69, 9.17) is 0 Å². The molecule has 1 aliphatic heterocycles. The van der Waals surface area contributed by atoms with Gasteiger partial charge in [-0.25, -0.2) is 4.98 Å². The SMILES string of the molecule is CC(C)N1CCCC(Cc2cn3cccc(C=O)c3n2)C1. The van der Waals surface area contributed by atoms with E-state index in [2.05, 4.69) is 29.9 Å². The number of piperidine rings is 1. The van der Waals surface area contributed by atoms with Gasteiger partial charge < -0.3 is 9.30 Å². The van der Waals surface area contributed by atoms with Crippen LogP contribution in [0.5, 0.6) is 0 Å². The lowest BCUT2D eigenvalue weighted by molar-refractivity contribution is 0.112. The first-order valence-corrected chi connectivity index (χ1v) is 7.83. The second-order valence-electron chi connectivity index (χ2n) is 6.35. The summed E-state index contributed by atoms with van der Waals surface area (Å²) in [6, 6.07) is 4.33. The number of hydrogen-bond acceptors (Lipinski definition) is 3. The fourth-order valence-corrected chi connectivity index (χ4v) is 3.30. The summed E-state index contributed by atoms with van der Waals surface area (Å²) in [5, 5.41) is 0. The van der Waals surface area contributed by atoms with E-state index in [0.717, 1.165) is 30.6 Å². The number of carbonyl (C=O) groups is 1. The van der Waals surface area contributed by atoms with Crippen molar-refractivity contribution >= 4 is 11.9 Å². The number of aromatic nitrogens is 2.